The molecule has 4 aromatic carbocycles. The molecule has 23 nitrogen and oxygen atoms in total. The van der Waals surface area contributed by atoms with Crippen LogP contribution in [-0.4, -0.2) is 144 Å². The van der Waals surface area contributed by atoms with Crippen molar-refractivity contribution in [3.8, 4) is 5.75 Å². The second kappa shape index (κ2) is 29.2. The van der Waals surface area contributed by atoms with Crippen LogP contribution < -0.4 is 31.3 Å². The highest BCUT2D eigenvalue weighted by Crippen LogP contribution is 2.35. The molecule has 6 amide bonds. The lowest BCUT2D eigenvalue weighted by Gasteiger charge is -2.37. The Kier molecular flexibility index (Phi) is 21.0. The minimum Gasteiger partial charge on any atom is -0.497 e. The van der Waals surface area contributed by atoms with E-state index < -0.39 is 150 Å². The molecule has 92 heavy (non-hydrogen) atoms. The van der Waals surface area contributed by atoms with Crippen molar-refractivity contribution in [3.63, 3.8) is 0 Å². The number of halogens is 2. The Balaban J connectivity index is 1.09. The SMILES string of the molecule is COc1ccc(C[C@@H]2CC(=O)[C@H](Cc3cnc[nH]3)NC(=O)[C@H](CC(=O)O)CC(=O)[C@H](Cc3c[nH]c4ccc(F)cc34)NC(=O)[C@H](CC3=CCc4ccc(F)cc43)NC(=O)[C@@H](C)NC(=O)Cc3cccc(c3)CC(=O)C[C@@H](C(=O)O)NC(=O)[C@]3(C)CCCN3C2=O)cc1. The topological polar surface area (TPSA) is 345 Å². The fourth-order valence-electron chi connectivity index (χ4n) is 12.2. The maximum Gasteiger partial charge on any atom is 0.326 e. The summed E-state index contributed by atoms with van der Waals surface area (Å²) in [6.45, 7) is 2.81. The van der Waals surface area contributed by atoms with Crippen molar-refractivity contribution in [2.75, 3.05) is 13.7 Å². The lowest BCUT2D eigenvalue weighted by molar-refractivity contribution is -0.150. The van der Waals surface area contributed by atoms with Gasteiger partial charge in [-0.15, -0.1) is 0 Å². The summed E-state index contributed by atoms with van der Waals surface area (Å²) in [5.74, 6) is -14.2. The van der Waals surface area contributed by atoms with E-state index >= 15 is 19.2 Å². The number of hydrogen-bond acceptors (Lipinski definition) is 13. The van der Waals surface area contributed by atoms with Crippen LogP contribution in [0.3, 0.4) is 0 Å². The van der Waals surface area contributed by atoms with Gasteiger partial charge in [-0.2, -0.15) is 0 Å². The first kappa shape index (κ1) is 66.2. The quantitative estimate of drug-likeness (QED) is 0.0813. The van der Waals surface area contributed by atoms with Crippen LogP contribution in [0.2, 0.25) is 0 Å². The van der Waals surface area contributed by atoms with E-state index in [9.17, 15) is 52.6 Å². The predicted molar refractivity (Wildman–Crippen MR) is 328 cm³/mol. The second-order valence-electron chi connectivity index (χ2n) is 23.9. The van der Waals surface area contributed by atoms with Gasteiger partial charge >= 0.3 is 11.9 Å². The fraction of sp³-hybridized carbons (Fsp3) is 0.373. The maximum absolute atomic E-state index is 15.2. The third kappa shape index (κ3) is 16.4. The Hall–Kier alpha value is -10.2. The number of carbonyl (C=O) groups is 11. The van der Waals surface area contributed by atoms with Crippen molar-refractivity contribution in [2.45, 2.75) is 133 Å². The van der Waals surface area contributed by atoms with E-state index in [2.05, 4.69) is 41.5 Å². The van der Waals surface area contributed by atoms with Crippen molar-refractivity contribution < 1.29 is 76.5 Å². The molecule has 2 bridgehead atoms. The number of nitrogens with zero attached hydrogens (tertiary/aromatic N) is 2. The summed E-state index contributed by atoms with van der Waals surface area (Å²) in [7, 11) is 1.46. The molecule has 8 atom stereocenters. The summed E-state index contributed by atoms with van der Waals surface area (Å²) in [5, 5.41) is 34.2. The average molecular weight is 1260 g/mol. The smallest absolute Gasteiger partial charge is 0.326 e. The van der Waals surface area contributed by atoms with Crippen LogP contribution in [0.25, 0.3) is 16.5 Å². The van der Waals surface area contributed by atoms with Gasteiger partial charge in [0.25, 0.3) is 0 Å². The maximum atomic E-state index is 15.2. The third-order valence-corrected chi connectivity index (χ3v) is 17.2. The highest BCUT2D eigenvalue weighted by atomic mass is 19.1. The molecule has 0 saturated carbocycles. The summed E-state index contributed by atoms with van der Waals surface area (Å²) in [6, 6.07) is 13.1. The van der Waals surface area contributed by atoms with Gasteiger partial charge in [0.2, 0.25) is 35.4 Å². The van der Waals surface area contributed by atoms with E-state index in [-0.39, 0.29) is 57.9 Å². The number of ether oxygens (including phenoxy) is 1. The number of benzene rings is 4. The first-order valence-corrected chi connectivity index (χ1v) is 30.2. The summed E-state index contributed by atoms with van der Waals surface area (Å²) < 4.78 is 35.1. The Morgan fingerprint density at radius 1 is 0.717 bits per heavy atom. The van der Waals surface area contributed by atoms with E-state index in [0.717, 1.165) is 5.56 Å². The Morgan fingerprint density at radius 2 is 1.40 bits per heavy atom. The molecule has 1 fully saturated rings. The molecule has 482 valence electrons. The van der Waals surface area contributed by atoms with Gasteiger partial charge in [0, 0.05) is 86.4 Å². The molecular weight excluding hydrogens is 1190 g/mol. The number of aromatic amines is 2. The number of nitrogens with one attached hydrogen (secondary N) is 7. The molecule has 2 aromatic heterocycles. The number of carboxylic acid groups (broad SMARTS) is 2. The number of amides is 6. The van der Waals surface area contributed by atoms with Crippen molar-refractivity contribution in [2.24, 2.45) is 11.8 Å². The summed E-state index contributed by atoms with van der Waals surface area (Å²) in [5.41, 5.74) is 2.33. The zero-order valence-electron chi connectivity index (χ0n) is 50.8. The van der Waals surface area contributed by atoms with Gasteiger partial charge in [0.1, 0.15) is 46.8 Å². The molecule has 3 aliphatic rings. The van der Waals surface area contributed by atoms with Crippen LogP contribution in [0, 0.1) is 23.5 Å². The highest BCUT2D eigenvalue weighted by molar-refractivity contribution is 6.01. The Bertz CT molecular complexity index is 3870. The monoisotopic (exact) mass is 1260 g/mol. The molecule has 4 heterocycles. The average Bonchev–Trinajstić information content (AvgIpc) is 1.59. The van der Waals surface area contributed by atoms with Crippen molar-refractivity contribution in [3.05, 3.63) is 160 Å². The van der Waals surface area contributed by atoms with Gasteiger partial charge in [0.15, 0.2) is 11.6 Å². The standard InChI is InChI=1S/C67H71F2N9O14/c1-36-61(85)76-55(24-41-11-10-40-12-13-45(68)29-50(40)41)63(87)75-53(25-44-33-71-52-17-14-46(69)30-51(44)52)57(80)26-42(28-60(83)84)62(86)74-54(31-47-34-70-35-72-47)58(81)27-43(21-37-8-15-49(92-3)16-9-37)64(88)78-19-5-18-67(78,2)66(91)77-56(65(89)90)32-48(79)22-38-6-4-7-39(20-38)23-59(82)73-36/h4,6-9,11-17,20,29-30,33-36,42-43,53-56,71H,5,10,18-19,21-28,31-32H2,1-3H3,(H,70,72)(H,73,82)(H,74,86)(H,75,87)(H,76,85)(H,77,91)(H,83,84)(H,89,90)/t36-,42+,43-,53+,54+,55+,56+,67+/m1/s1. The summed E-state index contributed by atoms with van der Waals surface area (Å²) >= 11 is 0. The normalized spacial score (nSPS) is 23.7. The van der Waals surface area contributed by atoms with Crippen molar-refractivity contribution >= 4 is 81.2 Å². The summed E-state index contributed by atoms with van der Waals surface area (Å²) in [6.07, 6.45) is 1.78. The molecule has 9 N–H and O–H groups in total. The number of H-pyrrole nitrogens is 2. The minimum atomic E-state index is -1.75. The van der Waals surface area contributed by atoms with Crippen LogP contribution in [0.1, 0.15) is 97.9 Å². The number of carbonyl (C=O) groups excluding carboxylic acids is 9. The number of aliphatic carboxylic acids is 2. The van der Waals surface area contributed by atoms with Crippen LogP contribution in [-0.2, 0) is 91.3 Å². The number of methoxy groups -OCH3 is 1. The largest absolute Gasteiger partial charge is 0.497 e. The number of rotatable bonds is 12. The zero-order chi connectivity index (χ0) is 66.0. The van der Waals surface area contributed by atoms with Gasteiger partial charge in [-0.1, -0.05) is 48.5 Å². The first-order chi connectivity index (χ1) is 43.9. The highest BCUT2D eigenvalue weighted by Gasteiger charge is 2.49. The van der Waals surface area contributed by atoms with Gasteiger partial charge in [-0.05, 0) is 121 Å². The number of hydrogen-bond donors (Lipinski definition) is 9. The van der Waals surface area contributed by atoms with Crippen LogP contribution in [0.4, 0.5) is 8.78 Å². The van der Waals surface area contributed by atoms with Crippen LogP contribution >= 0.6 is 0 Å². The number of imidazole rings is 1. The number of aromatic nitrogens is 3. The number of carboxylic acids is 2. The van der Waals surface area contributed by atoms with E-state index in [4.69, 9.17) is 4.74 Å². The molecule has 6 aromatic rings. The van der Waals surface area contributed by atoms with E-state index in [1.807, 2.05) is 0 Å². The fourth-order valence-corrected chi connectivity index (χ4v) is 12.2. The van der Waals surface area contributed by atoms with Gasteiger partial charge in [-0.25, -0.2) is 18.6 Å². The zero-order valence-corrected chi connectivity index (χ0v) is 50.8. The van der Waals surface area contributed by atoms with Crippen LogP contribution in [0.5, 0.6) is 5.75 Å². The van der Waals surface area contributed by atoms with Gasteiger partial charge < -0.3 is 56.4 Å². The molecule has 0 spiro atoms. The molecular formula is C67H71F2N9O14. The van der Waals surface area contributed by atoms with E-state index in [0.29, 0.717) is 62.2 Å². The van der Waals surface area contributed by atoms with Crippen molar-refractivity contribution in [1.82, 2.24) is 46.4 Å². The lowest BCUT2D eigenvalue weighted by Crippen LogP contribution is -2.59. The predicted octanol–water partition coefficient (Wildman–Crippen LogP) is 4.53. The minimum absolute atomic E-state index is 0.000829. The van der Waals surface area contributed by atoms with E-state index in [1.165, 1.54) is 74.9 Å². The van der Waals surface area contributed by atoms with Gasteiger partial charge in [0.05, 0.1) is 44.3 Å². The van der Waals surface area contributed by atoms with Gasteiger partial charge in [-0.3, -0.25) is 47.9 Å². The Labute approximate surface area is 526 Å². The number of fused-ring (bicyclic) bond motifs is 5. The first-order valence-electron chi connectivity index (χ1n) is 30.2. The third-order valence-electron chi connectivity index (χ3n) is 17.2. The van der Waals surface area contributed by atoms with E-state index in [1.54, 1.807) is 60.7 Å². The molecule has 25 heteroatoms. The molecule has 9 rings (SSSR count). The lowest BCUT2D eigenvalue weighted by atomic mass is 9.87. The molecule has 1 aliphatic carbocycles. The second-order valence-corrected chi connectivity index (χ2v) is 23.9. The molecule has 0 radical (unpaired) electrons. The summed E-state index contributed by atoms with van der Waals surface area (Å²) in [4.78, 5) is 168. The Morgan fingerprint density at radius 3 is 2.11 bits per heavy atom. The molecule has 1 saturated heterocycles. The number of Topliss-reactive ketones (excluding diaryl/α,β-unsaturated/α-hetero) is 3. The van der Waals surface area contributed by atoms with Crippen molar-refractivity contribution in [1.29, 1.82) is 0 Å². The number of allylic oxidation sites excluding steroid dienone is 1. The molecule has 2 aliphatic heterocycles. The van der Waals surface area contributed by atoms with Crippen LogP contribution in [0.15, 0.2) is 110 Å². The number of ketones is 3. The molecule has 0 unspecified atom stereocenters.